The molecule has 21 heavy (non-hydrogen) atoms. The van der Waals surface area contributed by atoms with Gasteiger partial charge in [0.1, 0.15) is 5.76 Å². The summed E-state index contributed by atoms with van der Waals surface area (Å²) in [7, 11) is 0. The average molecular weight is 306 g/mol. The monoisotopic (exact) mass is 305 g/mol. The van der Waals surface area contributed by atoms with Crippen LogP contribution >= 0.6 is 11.6 Å². The van der Waals surface area contributed by atoms with Crippen LogP contribution in [0.4, 0.5) is 0 Å². The molecule has 0 amide bonds. The lowest BCUT2D eigenvalue weighted by Crippen LogP contribution is -2.37. The molecule has 2 nitrogen and oxygen atoms in total. The molecule has 1 fully saturated rings. The van der Waals surface area contributed by atoms with Crippen LogP contribution in [0, 0.1) is 5.41 Å². The highest BCUT2D eigenvalue weighted by Gasteiger charge is 2.37. The lowest BCUT2D eigenvalue weighted by molar-refractivity contribution is 0.131. The Kier molecular flexibility index (Phi) is 4.28. The topological polar surface area (TPSA) is 25.2 Å². The maximum absolute atomic E-state index is 6.26. The smallest absolute Gasteiger partial charge is 0.152 e. The van der Waals surface area contributed by atoms with E-state index in [4.69, 9.17) is 16.0 Å². The third kappa shape index (κ3) is 2.84. The second-order valence-corrected chi connectivity index (χ2v) is 6.92. The Bertz CT molecular complexity index is 613. The highest BCUT2D eigenvalue weighted by Crippen LogP contribution is 2.46. The molecule has 1 aliphatic carbocycles. The van der Waals surface area contributed by atoms with Crippen LogP contribution in [0.5, 0.6) is 0 Å². The van der Waals surface area contributed by atoms with Crippen LogP contribution in [0.3, 0.4) is 0 Å². The summed E-state index contributed by atoms with van der Waals surface area (Å²) in [5, 5.41) is 5.45. The molecule has 2 aromatic rings. The van der Waals surface area contributed by atoms with Crippen molar-refractivity contribution in [3.63, 3.8) is 0 Å². The van der Waals surface area contributed by atoms with Gasteiger partial charge in [0.25, 0.3) is 0 Å². The third-order valence-electron chi connectivity index (χ3n) is 4.90. The van der Waals surface area contributed by atoms with Crippen molar-refractivity contribution in [2.24, 2.45) is 5.41 Å². The van der Waals surface area contributed by atoms with E-state index in [9.17, 15) is 0 Å². The highest BCUT2D eigenvalue weighted by atomic mass is 35.5. The Labute approximate surface area is 131 Å². The fraction of sp³-hybridized carbons (Fsp3) is 0.556. The number of halogens is 1. The molecule has 1 aromatic carbocycles. The summed E-state index contributed by atoms with van der Waals surface area (Å²) in [6.45, 7) is 5.51. The first-order chi connectivity index (χ1) is 10.1. The molecule has 1 N–H and O–H groups in total. The predicted molar refractivity (Wildman–Crippen MR) is 88.8 cm³/mol. The second kappa shape index (κ2) is 6.02. The van der Waals surface area contributed by atoms with Crippen LogP contribution in [0.1, 0.15) is 57.8 Å². The van der Waals surface area contributed by atoms with Crippen LogP contribution in [-0.4, -0.2) is 6.54 Å². The van der Waals surface area contributed by atoms with Gasteiger partial charge in [-0.05, 0) is 36.9 Å². The number of fused-ring (bicyclic) bond motifs is 1. The minimum atomic E-state index is 0.270. The fourth-order valence-electron chi connectivity index (χ4n) is 3.73. The zero-order chi connectivity index (χ0) is 14.9. The van der Waals surface area contributed by atoms with E-state index in [1.165, 1.54) is 32.1 Å². The van der Waals surface area contributed by atoms with Gasteiger partial charge in [-0.15, -0.1) is 0 Å². The lowest BCUT2D eigenvalue weighted by atomic mass is 9.70. The molecule has 1 unspecified atom stereocenters. The quantitative estimate of drug-likeness (QED) is 0.783. The molecule has 3 rings (SSSR count). The Balaban J connectivity index is 2.00. The first-order valence-electron chi connectivity index (χ1n) is 8.05. The highest BCUT2D eigenvalue weighted by molar-refractivity contribution is 6.34. The van der Waals surface area contributed by atoms with E-state index in [0.29, 0.717) is 5.02 Å². The van der Waals surface area contributed by atoms with Gasteiger partial charge in [-0.25, -0.2) is 0 Å². The van der Waals surface area contributed by atoms with Crippen LogP contribution in [0.25, 0.3) is 11.0 Å². The van der Waals surface area contributed by atoms with E-state index in [-0.39, 0.29) is 11.5 Å². The molecule has 1 aromatic heterocycles. The molecule has 1 heterocycles. The average Bonchev–Trinajstić information content (AvgIpc) is 2.90. The van der Waals surface area contributed by atoms with E-state index in [0.717, 1.165) is 23.3 Å². The van der Waals surface area contributed by atoms with Gasteiger partial charge in [0.05, 0.1) is 11.1 Å². The number of para-hydroxylation sites is 1. The van der Waals surface area contributed by atoms with E-state index >= 15 is 0 Å². The van der Waals surface area contributed by atoms with Crippen LogP contribution in [-0.2, 0) is 0 Å². The van der Waals surface area contributed by atoms with Crippen molar-refractivity contribution in [2.75, 3.05) is 6.54 Å². The van der Waals surface area contributed by atoms with Gasteiger partial charge in [-0.2, -0.15) is 0 Å². The van der Waals surface area contributed by atoms with Crippen molar-refractivity contribution in [2.45, 2.75) is 52.0 Å². The first kappa shape index (κ1) is 14.9. The van der Waals surface area contributed by atoms with Crippen molar-refractivity contribution >= 4 is 22.6 Å². The van der Waals surface area contributed by atoms with Crippen molar-refractivity contribution in [3.05, 3.63) is 35.0 Å². The Morgan fingerprint density at radius 1 is 1.29 bits per heavy atom. The standard InChI is InChI=1S/C18H24ClNO/c1-3-20-17(18(2)10-5-4-6-11-18)15-12-13-8-7-9-14(19)16(13)21-15/h7-9,12,17,20H,3-6,10-11H2,1-2H3. The Morgan fingerprint density at radius 2 is 2.05 bits per heavy atom. The zero-order valence-electron chi connectivity index (χ0n) is 12.9. The Hall–Kier alpha value is -0.990. The SMILES string of the molecule is CCNC(c1cc2cccc(Cl)c2o1)C1(C)CCCCC1. The van der Waals surface area contributed by atoms with Crippen molar-refractivity contribution in [1.82, 2.24) is 5.32 Å². The summed E-state index contributed by atoms with van der Waals surface area (Å²) in [6.07, 6.45) is 6.52. The number of hydrogen-bond acceptors (Lipinski definition) is 2. The van der Waals surface area contributed by atoms with Gasteiger partial charge >= 0.3 is 0 Å². The third-order valence-corrected chi connectivity index (χ3v) is 5.20. The van der Waals surface area contributed by atoms with Crippen LogP contribution in [0.15, 0.2) is 28.7 Å². The summed E-state index contributed by atoms with van der Waals surface area (Å²) in [5.74, 6) is 1.03. The maximum Gasteiger partial charge on any atom is 0.152 e. The fourth-order valence-corrected chi connectivity index (χ4v) is 3.95. The second-order valence-electron chi connectivity index (χ2n) is 6.51. The summed E-state index contributed by atoms with van der Waals surface area (Å²) in [4.78, 5) is 0. The number of nitrogens with one attached hydrogen (secondary N) is 1. The lowest BCUT2D eigenvalue weighted by Gasteiger charge is -2.40. The molecule has 1 aliphatic rings. The summed E-state index contributed by atoms with van der Waals surface area (Å²) < 4.78 is 6.14. The van der Waals surface area contributed by atoms with Crippen molar-refractivity contribution < 1.29 is 4.42 Å². The summed E-state index contributed by atoms with van der Waals surface area (Å²) in [6, 6.07) is 8.37. The molecule has 0 saturated heterocycles. The number of rotatable bonds is 4. The maximum atomic E-state index is 6.26. The molecular formula is C18H24ClNO. The molecule has 0 aliphatic heterocycles. The minimum absolute atomic E-state index is 0.270. The molecule has 1 atom stereocenters. The molecule has 1 saturated carbocycles. The normalized spacial score (nSPS) is 19.8. The van der Waals surface area contributed by atoms with E-state index in [2.05, 4.69) is 31.3 Å². The van der Waals surface area contributed by atoms with E-state index < -0.39 is 0 Å². The first-order valence-corrected chi connectivity index (χ1v) is 8.43. The molecule has 0 spiro atoms. The van der Waals surface area contributed by atoms with Gasteiger partial charge in [0, 0.05) is 5.39 Å². The number of hydrogen-bond donors (Lipinski definition) is 1. The summed E-state index contributed by atoms with van der Waals surface area (Å²) >= 11 is 6.26. The predicted octanol–water partition coefficient (Wildman–Crippen LogP) is 5.71. The minimum Gasteiger partial charge on any atom is -0.458 e. The van der Waals surface area contributed by atoms with Gasteiger partial charge in [0.15, 0.2) is 5.58 Å². The zero-order valence-corrected chi connectivity index (χ0v) is 13.7. The molecular weight excluding hydrogens is 282 g/mol. The van der Waals surface area contributed by atoms with Crippen LogP contribution in [0.2, 0.25) is 5.02 Å². The van der Waals surface area contributed by atoms with Gasteiger partial charge in [-0.1, -0.05) is 56.8 Å². The van der Waals surface area contributed by atoms with Crippen molar-refractivity contribution in [1.29, 1.82) is 0 Å². The largest absolute Gasteiger partial charge is 0.458 e. The summed E-state index contributed by atoms with van der Waals surface area (Å²) in [5.41, 5.74) is 1.09. The van der Waals surface area contributed by atoms with Gasteiger partial charge in [-0.3, -0.25) is 0 Å². The van der Waals surface area contributed by atoms with Gasteiger partial charge in [0.2, 0.25) is 0 Å². The van der Waals surface area contributed by atoms with E-state index in [1.54, 1.807) is 0 Å². The molecule has 114 valence electrons. The number of furan rings is 1. The number of benzene rings is 1. The van der Waals surface area contributed by atoms with E-state index in [1.807, 2.05) is 12.1 Å². The van der Waals surface area contributed by atoms with Crippen LogP contribution < -0.4 is 5.32 Å². The van der Waals surface area contributed by atoms with Crippen molar-refractivity contribution in [3.8, 4) is 0 Å². The molecule has 3 heteroatoms. The van der Waals surface area contributed by atoms with Gasteiger partial charge < -0.3 is 9.73 Å². The molecule has 0 bridgehead atoms. The molecule has 0 radical (unpaired) electrons. The Morgan fingerprint density at radius 3 is 2.71 bits per heavy atom.